The van der Waals surface area contributed by atoms with E-state index in [1.54, 1.807) is 7.11 Å². The molecule has 4 aliphatic rings. The molecule has 0 aromatic heterocycles. The first-order valence-electron chi connectivity index (χ1n) is 10.2. The highest BCUT2D eigenvalue weighted by Gasteiger charge is 2.56. The van der Waals surface area contributed by atoms with Gasteiger partial charge in [-0.15, -0.1) is 0 Å². The van der Waals surface area contributed by atoms with Crippen LogP contribution in [0, 0.1) is 35.0 Å². The molecule has 24 heavy (non-hydrogen) atoms. The monoisotopic (exact) mass is 334 g/mol. The van der Waals surface area contributed by atoms with Crippen LogP contribution >= 0.6 is 0 Å². The second-order valence-corrected chi connectivity index (χ2v) is 9.61. The average Bonchev–Trinajstić information content (AvgIpc) is 2.55. The summed E-state index contributed by atoms with van der Waals surface area (Å²) in [6, 6.07) is 0. The van der Waals surface area contributed by atoms with E-state index in [9.17, 15) is 9.90 Å². The smallest absolute Gasteiger partial charge is 0.139 e. The first kappa shape index (κ1) is 17.0. The lowest BCUT2D eigenvalue weighted by Crippen LogP contribution is -2.54. The molecule has 0 bridgehead atoms. The molecule has 3 heteroatoms. The van der Waals surface area contributed by atoms with Crippen LogP contribution in [0.15, 0.2) is 0 Å². The number of carbonyl (C=O) groups is 1. The molecule has 0 unspecified atom stereocenters. The molecule has 4 aliphatic carbocycles. The lowest BCUT2D eigenvalue weighted by Gasteiger charge is -2.58. The lowest BCUT2D eigenvalue weighted by molar-refractivity contribution is -0.152. The molecule has 0 radical (unpaired) electrons. The third-order valence-corrected chi connectivity index (χ3v) is 8.46. The molecule has 3 nitrogen and oxygen atoms in total. The molecule has 4 fully saturated rings. The van der Waals surface area contributed by atoms with Gasteiger partial charge in [0, 0.05) is 18.9 Å². The van der Waals surface area contributed by atoms with E-state index in [0.717, 1.165) is 56.3 Å². The Balaban J connectivity index is 1.52. The molecular weight excluding hydrogens is 300 g/mol. The van der Waals surface area contributed by atoms with E-state index in [0.29, 0.717) is 24.2 Å². The van der Waals surface area contributed by atoms with Crippen molar-refractivity contribution in [3.8, 4) is 0 Å². The highest BCUT2D eigenvalue weighted by atomic mass is 16.5. The quantitative estimate of drug-likeness (QED) is 0.831. The largest absolute Gasteiger partial charge is 0.387 e. The van der Waals surface area contributed by atoms with E-state index >= 15 is 0 Å². The van der Waals surface area contributed by atoms with Gasteiger partial charge in [0.15, 0.2) is 0 Å². The van der Waals surface area contributed by atoms with Crippen molar-refractivity contribution in [1.29, 1.82) is 0 Å². The average molecular weight is 335 g/mol. The minimum Gasteiger partial charge on any atom is -0.387 e. The van der Waals surface area contributed by atoms with Crippen molar-refractivity contribution in [2.45, 2.75) is 76.7 Å². The fraction of sp³-hybridized carbons (Fsp3) is 0.952. The highest BCUT2D eigenvalue weighted by molar-refractivity contribution is 5.85. The maximum Gasteiger partial charge on any atom is 0.139 e. The first-order valence-corrected chi connectivity index (χ1v) is 10.2. The Hall–Kier alpha value is -0.410. The van der Waals surface area contributed by atoms with E-state index < -0.39 is 5.60 Å². The van der Waals surface area contributed by atoms with Gasteiger partial charge in [0.2, 0.25) is 0 Å². The van der Waals surface area contributed by atoms with Crippen LogP contribution in [0.25, 0.3) is 0 Å². The summed E-state index contributed by atoms with van der Waals surface area (Å²) < 4.78 is 5.28. The van der Waals surface area contributed by atoms with Crippen molar-refractivity contribution < 1.29 is 14.6 Å². The van der Waals surface area contributed by atoms with Gasteiger partial charge >= 0.3 is 0 Å². The molecule has 0 heterocycles. The minimum absolute atomic E-state index is 0.0162. The molecule has 1 N–H and O–H groups in total. The Morgan fingerprint density at radius 1 is 1.08 bits per heavy atom. The summed E-state index contributed by atoms with van der Waals surface area (Å²) >= 11 is 0. The van der Waals surface area contributed by atoms with Crippen LogP contribution in [0.3, 0.4) is 0 Å². The molecule has 0 spiro atoms. The van der Waals surface area contributed by atoms with Gasteiger partial charge in [-0.25, -0.2) is 0 Å². The maximum absolute atomic E-state index is 12.6. The second-order valence-electron chi connectivity index (χ2n) is 9.61. The number of fused-ring (bicyclic) bond motifs is 5. The summed E-state index contributed by atoms with van der Waals surface area (Å²) in [5, 5.41) is 10.8. The Kier molecular flexibility index (Phi) is 4.32. The zero-order valence-electron chi connectivity index (χ0n) is 15.4. The highest BCUT2D eigenvalue weighted by Crippen LogP contribution is 2.61. The predicted octanol–water partition coefficient (Wildman–Crippen LogP) is 3.98. The number of ether oxygens (including phenoxy) is 1. The summed E-state index contributed by atoms with van der Waals surface area (Å²) in [6.45, 7) is 2.76. The summed E-state index contributed by atoms with van der Waals surface area (Å²) in [7, 11) is 1.70. The predicted molar refractivity (Wildman–Crippen MR) is 93.6 cm³/mol. The van der Waals surface area contributed by atoms with Gasteiger partial charge in [-0.1, -0.05) is 6.92 Å². The van der Waals surface area contributed by atoms with Gasteiger partial charge < -0.3 is 9.84 Å². The van der Waals surface area contributed by atoms with Gasteiger partial charge in [0.1, 0.15) is 5.78 Å². The van der Waals surface area contributed by atoms with Crippen LogP contribution < -0.4 is 0 Å². The number of methoxy groups -OCH3 is 1. The lowest BCUT2D eigenvalue weighted by atomic mass is 9.46. The Bertz CT molecular complexity index is 503. The molecule has 0 saturated heterocycles. The molecule has 0 aromatic rings. The number of Topliss-reactive ketones (excluding diaryl/α,β-unsaturated/α-hetero) is 1. The van der Waals surface area contributed by atoms with Crippen LogP contribution in [0.2, 0.25) is 0 Å². The fourth-order valence-electron chi connectivity index (χ4n) is 7.33. The van der Waals surface area contributed by atoms with E-state index in [2.05, 4.69) is 6.92 Å². The molecule has 4 saturated carbocycles. The fourth-order valence-corrected chi connectivity index (χ4v) is 7.33. The molecule has 0 aromatic carbocycles. The van der Waals surface area contributed by atoms with Gasteiger partial charge in [-0.05, 0) is 87.4 Å². The van der Waals surface area contributed by atoms with Crippen LogP contribution in [0.1, 0.15) is 71.1 Å². The standard InChI is InChI=1S/C21H34O3/c1-20-10-8-16-15-9-11-21(23,13-24-2)12-14(15)6-7-17(16)18(20)4-3-5-19(20)22/h14-18,23H,3-13H2,1-2H3/t14-,15+,16-,17-,18+,20+,21-/m1/s1. The van der Waals surface area contributed by atoms with Gasteiger partial charge in [-0.2, -0.15) is 0 Å². The molecular formula is C21H34O3. The summed E-state index contributed by atoms with van der Waals surface area (Å²) in [4.78, 5) is 12.6. The SMILES string of the molecule is COC[C@@]1(O)CC[C@H]2[C@H](CC[C@@H]3[C@@H]2CC[C@]2(C)C(=O)CCC[C@@H]32)C1. The number of aliphatic hydroxyl groups is 1. The summed E-state index contributed by atoms with van der Waals surface area (Å²) in [6.07, 6.45) is 11.1. The van der Waals surface area contributed by atoms with E-state index in [-0.39, 0.29) is 5.41 Å². The number of ketones is 1. The van der Waals surface area contributed by atoms with Crippen LogP contribution in [-0.4, -0.2) is 30.2 Å². The van der Waals surface area contributed by atoms with Crippen molar-refractivity contribution >= 4 is 5.78 Å². The van der Waals surface area contributed by atoms with Crippen molar-refractivity contribution in [3.05, 3.63) is 0 Å². The van der Waals surface area contributed by atoms with Gasteiger partial charge in [-0.3, -0.25) is 4.79 Å². The first-order chi connectivity index (χ1) is 11.5. The van der Waals surface area contributed by atoms with E-state index in [1.165, 1.54) is 25.7 Å². The third-order valence-electron chi connectivity index (χ3n) is 8.46. The van der Waals surface area contributed by atoms with E-state index in [4.69, 9.17) is 4.74 Å². The van der Waals surface area contributed by atoms with Crippen molar-refractivity contribution in [2.24, 2.45) is 35.0 Å². The van der Waals surface area contributed by atoms with E-state index in [1.807, 2.05) is 0 Å². The minimum atomic E-state index is -0.591. The number of rotatable bonds is 2. The van der Waals surface area contributed by atoms with Gasteiger partial charge in [0.25, 0.3) is 0 Å². The molecule has 0 amide bonds. The van der Waals surface area contributed by atoms with Crippen LogP contribution in [0.5, 0.6) is 0 Å². The molecule has 7 atom stereocenters. The van der Waals surface area contributed by atoms with Crippen LogP contribution in [-0.2, 0) is 9.53 Å². The molecule has 0 aliphatic heterocycles. The molecule has 4 rings (SSSR count). The Morgan fingerprint density at radius 2 is 1.88 bits per heavy atom. The number of hydrogen-bond acceptors (Lipinski definition) is 3. The zero-order valence-corrected chi connectivity index (χ0v) is 15.4. The van der Waals surface area contributed by atoms with Crippen molar-refractivity contribution in [2.75, 3.05) is 13.7 Å². The number of carbonyl (C=O) groups excluding carboxylic acids is 1. The van der Waals surface area contributed by atoms with Gasteiger partial charge in [0.05, 0.1) is 12.2 Å². The second kappa shape index (κ2) is 6.09. The zero-order chi connectivity index (χ0) is 16.9. The third kappa shape index (κ3) is 2.58. The topological polar surface area (TPSA) is 46.5 Å². The maximum atomic E-state index is 12.6. The normalized spacial score (nSPS) is 51.5. The summed E-state index contributed by atoms with van der Waals surface area (Å²) in [5.74, 6) is 4.21. The number of hydrogen-bond donors (Lipinski definition) is 1. The molecule has 136 valence electrons. The Labute approximate surface area is 146 Å². The van der Waals surface area contributed by atoms with Crippen molar-refractivity contribution in [3.63, 3.8) is 0 Å². The van der Waals surface area contributed by atoms with Crippen LogP contribution in [0.4, 0.5) is 0 Å². The summed E-state index contributed by atoms with van der Waals surface area (Å²) in [5.41, 5.74) is -0.607. The Morgan fingerprint density at radius 3 is 2.67 bits per heavy atom. The van der Waals surface area contributed by atoms with Crippen molar-refractivity contribution in [1.82, 2.24) is 0 Å².